The Kier molecular flexibility index (Phi) is 4.65. The number of allylic oxidation sites excluding steroid dienone is 2. The summed E-state index contributed by atoms with van der Waals surface area (Å²) in [6.45, 7) is 1.94. The van der Waals surface area contributed by atoms with E-state index in [0.717, 1.165) is 6.42 Å². The summed E-state index contributed by atoms with van der Waals surface area (Å²) in [5.74, 6) is 0. The molecule has 0 heterocycles. The summed E-state index contributed by atoms with van der Waals surface area (Å²) in [4.78, 5) is 0. The lowest BCUT2D eigenvalue weighted by molar-refractivity contribution is 1.28. The molecule has 0 aromatic heterocycles. The molecule has 0 aromatic rings. The van der Waals surface area contributed by atoms with Gasteiger partial charge in [-0.3, -0.25) is 0 Å². The summed E-state index contributed by atoms with van der Waals surface area (Å²) >= 11 is 0. The van der Waals surface area contributed by atoms with Crippen LogP contribution in [0, 0.1) is 17.8 Å². The third-order valence-electron chi connectivity index (χ3n) is 0.581. The molecular weight excluding hydrogens is 86.1 g/mol. The highest BCUT2D eigenvalue weighted by molar-refractivity contribution is 4.97. The molecule has 37 valence electrons. The predicted octanol–water partition coefficient (Wildman–Crippen LogP) is 1.68. The number of nitrogens with zero attached hydrogens (tertiary/aromatic N) is 1. The second kappa shape index (κ2) is 5.23. The molecule has 1 nitrogen and oxygen atoms in total. The smallest absolute Gasteiger partial charge is 0.0672 e. The fourth-order valence-corrected chi connectivity index (χ4v) is 0.257. The molecule has 0 unspecified atom stereocenters. The standard InChI is InChI=1S/C6H8N/c1-2-3-4-5-6-7/h2-3,5H,4H2,1H3. The molecule has 0 bridgehead atoms. The van der Waals surface area contributed by atoms with E-state index in [1.54, 1.807) is 6.42 Å². The third-order valence-corrected chi connectivity index (χ3v) is 0.581. The van der Waals surface area contributed by atoms with Crippen LogP contribution >= 0.6 is 0 Å². The fraction of sp³-hybridized carbons (Fsp3) is 0.333. The van der Waals surface area contributed by atoms with E-state index in [1.165, 1.54) is 0 Å². The first-order valence-corrected chi connectivity index (χ1v) is 2.24. The minimum absolute atomic E-state index is 0.771. The van der Waals surface area contributed by atoms with Crippen molar-refractivity contribution < 1.29 is 0 Å². The highest BCUT2D eigenvalue weighted by Crippen LogP contribution is 1.84. The summed E-state index contributed by atoms with van der Waals surface area (Å²) in [7, 11) is 0. The van der Waals surface area contributed by atoms with Crippen LogP contribution in [0.2, 0.25) is 0 Å². The van der Waals surface area contributed by atoms with Gasteiger partial charge in [0.1, 0.15) is 0 Å². The van der Waals surface area contributed by atoms with E-state index in [9.17, 15) is 0 Å². The maximum atomic E-state index is 7.95. The number of rotatable bonds is 2. The van der Waals surface area contributed by atoms with Crippen LogP contribution < -0.4 is 0 Å². The minimum atomic E-state index is 0.771. The van der Waals surface area contributed by atoms with Crippen molar-refractivity contribution >= 4 is 0 Å². The normalized spacial score (nSPS) is 9.14. The Morgan fingerprint density at radius 3 is 2.86 bits per heavy atom. The highest BCUT2D eigenvalue weighted by atomic mass is 14.2. The molecule has 0 aliphatic carbocycles. The zero-order chi connectivity index (χ0) is 5.54. The van der Waals surface area contributed by atoms with Gasteiger partial charge in [-0.1, -0.05) is 12.2 Å². The van der Waals surface area contributed by atoms with Gasteiger partial charge >= 0.3 is 0 Å². The van der Waals surface area contributed by atoms with Crippen LogP contribution in [-0.4, -0.2) is 0 Å². The first kappa shape index (κ1) is 6.23. The number of unbranched alkanes of at least 4 members (excludes halogenated alkanes) is 1. The molecule has 1 heteroatoms. The molecule has 0 aromatic carbocycles. The molecule has 0 aliphatic rings. The summed E-state index contributed by atoms with van der Waals surface area (Å²) in [6, 6.07) is 1.93. The van der Waals surface area contributed by atoms with Gasteiger partial charge in [-0.15, -0.1) is 0 Å². The minimum Gasteiger partial charge on any atom is -0.198 e. The Morgan fingerprint density at radius 1 is 1.71 bits per heavy atom. The van der Waals surface area contributed by atoms with Gasteiger partial charge in [-0.05, 0) is 13.3 Å². The van der Waals surface area contributed by atoms with Crippen LogP contribution in [0.1, 0.15) is 13.3 Å². The van der Waals surface area contributed by atoms with Gasteiger partial charge in [-0.2, -0.15) is 5.26 Å². The predicted molar refractivity (Wildman–Crippen MR) is 29.3 cm³/mol. The Balaban J connectivity index is 2.87. The first-order valence-electron chi connectivity index (χ1n) is 2.24. The van der Waals surface area contributed by atoms with Gasteiger partial charge in [0.15, 0.2) is 0 Å². The van der Waals surface area contributed by atoms with E-state index >= 15 is 0 Å². The zero-order valence-electron chi connectivity index (χ0n) is 4.39. The van der Waals surface area contributed by atoms with Crippen molar-refractivity contribution in [3.63, 3.8) is 0 Å². The molecular formula is C6H8N. The highest BCUT2D eigenvalue weighted by Gasteiger charge is 1.72. The van der Waals surface area contributed by atoms with Crippen LogP contribution in [-0.2, 0) is 0 Å². The van der Waals surface area contributed by atoms with Crippen molar-refractivity contribution in [3.8, 4) is 6.07 Å². The van der Waals surface area contributed by atoms with Crippen LogP contribution in [0.25, 0.3) is 0 Å². The fourth-order valence-electron chi connectivity index (χ4n) is 0.257. The van der Waals surface area contributed by atoms with E-state index in [4.69, 9.17) is 5.26 Å². The zero-order valence-corrected chi connectivity index (χ0v) is 4.39. The topological polar surface area (TPSA) is 23.8 Å². The van der Waals surface area contributed by atoms with Crippen molar-refractivity contribution in [1.29, 1.82) is 5.26 Å². The van der Waals surface area contributed by atoms with Crippen LogP contribution in [0.4, 0.5) is 0 Å². The van der Waals surface area contributed by atoms with Crippen LogP contribution in [0.15, 0.2) is 12.2 Å². The number of hydrogen-bond donors (Lipinski definition) is 0. The summed E-state index contributed by atoms with van der Waals surface area (Å²) < 4.78 is 0. The lowest BCUT2D eigenvalue weighted by Crippen LogP contribution is -1.61. The van der Waals surface area contributed by atoms with Crippen molar-refractivity contribution in [2.45, 2.75) is 13.3 Å². The molecule has 0 rings (SSSR count). The largest absolute Gasteiger partial charge is 0.198 e. The summed E-state index contributed by atoms with van der Waals surface area (Å²) in [5.41, 5.74) is 0. The van der Waals surface area contributed by atoms with E-state index < -0.39 is 0 Å². The molecule has 1 radical (unpaired) electrons. The van der Waals surface area contributed by atoms with Crippen LogP contribution in [0.3, 0.4) is 0 Å². The van der Waals surface area contributed by atoms with Crippen molar-refractivity contribution in [2.24, 2.45) is 0 Å². The van der Waals surface area contributed by atoms with E-state index in [2.05, 4.69) is 0 Å². The molecule has 0 spiro atoms. The summed E-state index contributed by atoms with van der Waals surface area (Å²) in [5, 5.41) is 7.95. The van der Waals surface area contributed by atoms with E-state index in [1.807, 2.05) is 25.1 Å². The molecule has 0 aliphatic heterocycles. The van der Waals surface area contributed by atoms with E-state index in [0.29, 0.717) is 0 Å². The third kappa shape index (κ3) is 5.23. The Morgan fingerprint density at radius 2 is 2.43 bits per heavy atom. The molecule has 0 saturated carbocycles. The average molecular weight is 94.1 g/mol. The van der Waals surface area contributed by atoms with Gasteiger partial charge in [0.25, 0.3) is 0 Å². The van der Waals surface area contributed by atoms with Gasteiger partial charge in [-0.25, -0.2) is 0 Å². The monoisotopic (exact) mass is 94.1 g/mol. The molecule has 0 amide bonds. The lowest BCUT2D eigenvalue weighted by atomic mass is 10.3. The molecule has 7 heavy (non-hydrogen) atoms. The van der Waals surface area contributed by atoms with E-state index in [-0.39, 0.29) is 0 Å². The van der Waals surface area contributed by atoms with Crippen molar-refractivity contribution in [1.82, 2.24) is 0 Å². The van der Waals surface area contributed by atoms with Crippen molar-refractivity contribution in [3.05, 3.63) is 18.6 Å². The van der Waals surface area contributed by atoms with Crippen molar-refractivity contribution in [2.75, 3.05) is 0 Å². The second-order valence-corrected chi connectivity index (χ2v) is 1.14. The first-order chi connectivity index (χ1) is 3.41. The number of nitriles is 1. The van der Waals surface area contributed by atoms with Gasteiger partial charge < -0.3 is 0 Å². The van der Waals surface area contributed by atoms with Gasteiger partial charge in [0.2, 0.25) is 0 Å². The molecule has 0 N–H and O–H groups in total. The average Bonchev–Trinajstić information content (AvgIpc) is 1.69. The van der Waals surface area contributed by atoms with Gasteiger partial charge in [0.05, 0.1) is 12.5 Å². The summed E-state index contributed by atoms with van der Waals surface area (Å²) in [6.07, 6.45) is 6.18. The molecule has 0 saturated heterocycles. The Hall–Kier alpha value is -0.770. The lowest BCUT2D eigenvalue weighted by Gasteiger charge is -1.73. The maximum Gasteiger partial charge on any atom is 0.0672 e. The number of hydrogen-bond acceptors (Lipinski definition) is 1. The maximum absolute atomic E-state index is 7.95. The molecule has 0 fully saturated rings. The Bertz CT molecular complexity index is 86.8. The Labute approximate surface area is 44.3 Å². The quantitative estimate of drug-likeness (QED) is 0.377. The van der Waals surface area contributed by atoms with Crippen LogP contribution in [0.5, 0.6) is 0 Å². The SMILES string of the molecule is CC=CC[CH]C#N. The van der Waals surface area contributed by atoms with Gasteiger partial charge in [0, 0.05) is 0 Å². The second-order valence-electron chi connectivity index (χ2n) is 1.14. The molecule has 0 atom stereocenters.